The molecule has 4 aromatic rings. The minimum absolute atomic E-state index is 0.0730. The Morgan fingerprint density at radius 1 is 0.518 bits per heavy atom. The normalized spacial score (nSPS) is 11.6. The molecule has 20 heteroatoms. The average molecular weight is 1480 g/mol. The van der Waals surface area contributed by atoms with Crippen molar-refractivity contribution < 1.29 is 60.0 Å². The van der Waals surface area contributed by atoms with Crippen LogP contribution in [0, 0.1) is 19.7 Å². The highest BCUT2D eigenvalue weighted by Crippen LogP contribution is 2.42. The zero-order valence-corrected chi connectivity index (χ0v) is 42.9. The van der Waals surface area contributed by atoms with Crippen molar-refractivity contribution in [1.29, 1.82) is 0 Å². The first kappa shape index (κ1) is 48.9. The topological polar surface area (TPSA) is 230 Å². The van der Waals surface area contributed by atoms with Gasteiger partial charge in [0.25, 0.3) is 0 Å². The van der Waals surface area contributed by atoms with Crippen molar-refractivity contribution in [3.8, 4) is 23.0 Å². The van der Waals surface area contributed by atoms with E-state index < -0.39 is 35.7 Å². The summed E-state index contributed by atoms with van der Waals surface area (Å²) in [5, 5.41) is 79.9. The van der Waals surface area contributed by atoms with Gasteiger partial charge in [-0.25, -0.2) is 9.59 Å². The maximum Gasteiger partial charge on any atom is 0.332 e. The van der Waals surface area contributed by atoms with Gasteiger partial charge in [0.05, 0.1) is 39.1 Å². The molecule has 0 aliphatic rings. The summed E-state index contributed by atoms with van der Waals surface area (Å²) in [7, 11) is 0. The Labute approximate surface area is 407 Å². The highest BCUT2D eigenvalue weighted by molar-refractivity contribution is 14.1. The van der Waals surface area contributed by atoms with Gasteiger partial charge in [-0.3, -0.25) is 9.59 Å². The molecule has 0 aromatic heterocycles. The lowest BCUT2D eigenvalue weighted by molar-refractivity contribution is -0.155. The van der Waals surface area contributed by atoms with Crippen molar-refractivity contribution in [2.24, 2.45) is 5.41 Å². The zero-order chi connectivity index (χ0) is 42.4. The molecule has 0 saturated carbocycles. The van der Waals surface area contributed by atoms with E-state index in [9.17, 15) is 60.0 Å². The van der Waals surface area contributed by atoms with Gasteiger partial charge in [0.2, 0.25) is 0 Å². The number of phenolic OH excluding ortho intramolecular Hbond substituents is 4. The molecule has 4 rings (SSSR count). The zero-order valence-electron chi connectivity index (χ0n) is 27.9. The lowest BCUT2D eigenvalue weighted by Crippen LogP contribution is -2.38. The number of aliphatic carboxylic acids is 4. The van der Waals surface area contributed by atoms with Crippen molar-refractivity contribution in [3.63, 3.8) is 0 Å². The van der Waals surface area contributed by atoms with E-state index in [0.29, 0.717) is 36.2 Å². The van der Waals surface area contributed by atoms with Crippen LogP contribution in [0.15, 0.2) is 77.6 Å². The molecule has 0 spiro atoms. The van der Waals surface area contributed by atoms with E-state index >= 15 is 0 Å². The van der Waals surface area contributed by atoms with Gasteiger partial charge in [0, 0.05) is 40.1 Å². The fraction of sp³-hybridized carbons (Fsp3) is 0.167. The van der Waals surface area contributed by atoms with Crippen molar-refractivity contribution in [2.75, 3.05) is 0 Å². The summed E-state index contributed by atoms with van der Waals surface area (Å²) < 4.78 is 4.56. The third kappa shape index (κ3) is 13.0. The van der Waals surface area contributed by atoms with Gasteiger partial charge in [-0.1, -0.05) is 31.9 Å². The Balaban J connectivity index is 0.000000300. The molecule has 0 atom stereocenters. The van der Waals surface area contributed by atoms with E-state index in [1.165, 1.54) is 12.1 Å². The summed E-state index contributed by atoms with van der Waals surface area (Å²) in [5.41, 5.74) is -1.30. The van der Waals surface area contributed by atoms with Crippen LogP contribution in [0.1, 0.15) is 28.7 Å². The monoisotopic (exact) mass is 1470 g/mol. The van der Waals surface area contributed by atoms with Gasteiger partial charge in [-0.15, -0.1) is 0 Å². The average Bonchev–Trinajstić information content (AvgIpc) is 3.07. The summed E-state index contributed by atoms with van der Waals surface area (Å²) in [6, 6.07) is 13.0. The van der Waals surface area contributed by atoms with E-state index in [-0.39, 0.29) is 71.0 Å². The molecule has 12 nitrogen and oxygen atoms in total. The van der Waals surface area contributed by atoms with Crippen LogP contribution in [0.2, 0.25) is 0 Å². The molecular weight excluding hydrogens is 1450 g/mol. The number of benzene rings is 4. The number of hydrogen-bond donors (Lipinski definition) is 8. The lowest BCUT2D eigenvalue weighted by Gasteiger charge is -2.29. The Hall–Kier alpha value is -1.46. The molecule has 56 heavy (non-hydrogen) atoms. The summed E-state index contributed by atoms with van der Waals surface area (Å²) in [5.74, 6) is -5.90. The van der Waals surface area contributed by atoms with Crippen LogP contribution in [0.3, 0.4) is 0 Å². The Bertz CT molecular complexity index is 2130. The number of aromatic hydroxyl groups is 4. The summed E-state index contributed by atoms with van der Waals surface area (Å²) >= 11 is 20.9. The lowest BCUT2D eigenvalue weighted by atomic mass is 9.73. The van der Waals surface area contributed by atoms with Crippen molar-refractivity contribution in [2.45, 2.75) is 32.1 Å². The second kappa shape index (κ2) is 21.2. The molecule has 0 amide bonds. The summed E-state index contributed by atoms with van der Waals surface area (Å²) in [6.45, 7) is 0. The van der Waals surface area contributed by atoms with Crippen LogP contribution in [0.4, 0.5) is 0 Å². The SMILES string of the molecule is O=C(O)/C(Cc1cc(I)cc(I)c1O)=C(\Cc1cc(I)cc(I)c1O)C(=O)O.O=C(O)CC(Cc1cc(Br)cc(Br)c1O)(Cc1cc(Br)cc(Br)c1O)C(=O)O. The molecule has 0 aliphatic heterocycles. The van der Waals surface area contributed by atoms with Crippen LogP contribution in [-0.4, -0.2) is 64.7 Å². The van der Waals surface area contributed by atoms with Crippen LogP contribution in [0.25, 0.3) is 0 Å². The van der Waals surface area contributed by atoms with E-state index in [0.717, 1.165) is 7.14 Å². The number of halogens is 8. The maximum atomic E-state index is 12.3. The fourth-order valence-corrected chi connectivity index (χ4v) is 12.0. The van der Waals surface area contributed by atoms with Crippen molar-refractivity contribution in [3.05, 3.63) is 114 Å². The van der Waals surface area contributed by atoms with Crippen LogP contribution in [-0.2, 0) is 44.9 Å². The van der Waals surface area contributed by atoms with Gasteiger partial charge < -0.3 is 40.9 Å². The largest absolute Gasteiger partial charge is 0.507 e. The van der Waals surface area contributed by atoms with Crippen molar-refractivity contribution >= 4 is 178 Å². The van der Waals surface area contributed by atoms with Crippen LogP contribution >= 0.6 is 154 Å². The fourth-order valence-electron chi connectivity index (χ4n) is 5.45. The minimum Gasteiger partial charge on any atom is -0.507 e. The molecule has 298 valence electrons. The van der Waals surface area contributed by atoms with Crippen molar-refractivity contribution in [1.82, 2.24) is 0 Å². The quantitative estimate of drug-likeness (QED) is 0.0462. The number of rotatable bonds is 13. The standard InChI is InChI=1S/C18H14Br4O6.C18H12I4O6/c19-10-1-8(15(25)12(21)3-10)5-18(17(27)28,7-14(23)24)6-9-2-11(20)4-13(22)16(9)26;19-9-1-7(15(23)13(21)5-9)3-11(17(25)26)12(18(27)28)4-8-2-10(20)6-14(22)16(8)24/h1-4,25-26H,5-7H2,(H,23,24)(H,27,28);1-2,5-6,23-24H,3-4H2,(H,25,26)(H,27,28)/b;12-11+. The first-order valence-electron chi connectivity index (χ1n) is 15.3. The maximum absolute atomic E-state index is 12.3. The molecule has 0 heterocycles. The minimum atomic E-state index is -1.80. The summed E-state index contributed by atoms with van der Waals surface area (Å²) in [6.07, 6.45) is -1.73. The summed E-state index contributed by atoms with van der Waals surface area (Å²) in [4.78, 5) is 47.5. The number of carboxylic acid groups (broad SMARTS) is 4. The van der Waals surface area contributed by atoms with Gasteiger partial charge in [0.15, 0.2) is 0 Å². The molecular formula is C36H26Br4I4O12. The van der Waals surface area contributed by atoms with E-state index in [1.54, 1.807) is 36.4 Å². The first-order chi connectivity index (χ1) is 26.0. The van der Waals surface area contributed by atoms with Gasteiger partial charge >= 0.3 is 23.9 Å². The van der Waals surface area contributed by atoms with E-state index in [2.05, 4.69) is 63.7 Å². The molecule has 0 saturated heterocycles. The first-order valence-corrected chi connectivity index (χ1v) is 22.8. The highest BCUT2D eigenvalue weighted by atomic mass is 127. The third-order valence-corrected chi connectivity index (χ3v) is 13.1. The van der Waals surface area contributed by atoms with E-state index in [1.807, 2.05) is 90.4 Å². The van der Waals surface area contributed by atoms with Crippen LogP contribution < -0.4 is 0 Å². The highest BCUT2D eigenvalue weighted by Gasteiger charge is 2.43. The Kier molecular flexibility index (Phi) is 18.5. The predicted octanol–water partition coefficient (Wildman–Crippen LogP) is 10.2. The van der Waals surface area contributed by atoms with Gasteiger partial charge in [0.1, 0.15) is 23.0 Å². The number of phenols is 4. The van der Waals surface area contributed by atoms with Gasteiger partial charge in [-0.05, 0) is 195 Å². The molecule has 0 radical (unpaired) electrons. The number of hydrogen-bond acceptors (Lipinski definition) is 8. The smallest absolute Gasteiger partial charge is 0.332 e. The second-order valence-corrected chi connectivity index (χ2v) is 20.4. The molecule has 0 fully saturated rings. The van der Waals surface area contributed by atoms with E-state index in [4.69, 9.17) is 0 Å². The molecule has 0 bridgehead atoms. The second-order valence-electron chi connectivity index (χ2n) is 12.0. The third-order valence-electron chi connectivity index (χ3n) is 8.04. The van der Waals surface area contributed by atoms with Gasteiger partial charge in [-0.2, -0.15) is 0 Å². The Morgan fingerprint density at radius 3 is 1.18 bits per heavy atom. The predicted molar refractivity (Wildman–Crippen MR) is 254 cm³/mol. The molecule has 4 aromatic carbocycles. The molecule has 0 aliphatic carbocycles. The Morgan fingerprint density at radius 2 is 0.875 bits per heavy atom. The molecule has 8 N–H and O–H groups in total. The number of carbonyl (C=O) groups is 4. The van der Waals surface area contributed by atoms with Crippen LogP contribution in [0.5, 0.6) is 23.0 Å². The number of carboxylic acids is 4. The molecule has 0 unspecified atom stereocenters.